The molecule has 8 nitrogen and oxygen atoms in total. The molecule has 1 fully saturated rings. The molecule has 0 spiro atoms. The maximum Gasteiger partial charge on any atom is 0.243 e. The Bertz CT molecular complexity index is 1160. The van der Waals surface area contributed by atoms with Gasteiger partial charge in [0.15, 0.2) is 0 Å². The van der Waals surface area contributed by atoms with Crippen LogP contribution in [0.1, 0.15) is 18.1 Å². The van der Waals surface area contributed by atoms with Gasteiger partial charge in [-0.2, -0.15) is 4.31 Å². The Kier molecular flexibility index (Phi) is 5.62. The zero-order chi connectivity index (χ0) is 21.5. The second-order valence-electron chi connectivity index (χ2n) is 7.68. The van der Waals surface area contributed by atoms with Crippen LogP contribution in [0.25, 0.3) is 0 Å². The minimum absolute atomic E-state index is 0.105. The third kappa shape index (κ3) is 4.10. The standard InChI is InChI=1S/C20H25N3O5S2/c1-15-11-17-13-18(29(21,24)25)5-6-20(17)23(15)14-16-3-2-4-19(12-16)30(26,27)22-7-9-28-10-8-22/h2-6,12-13,15H,7-11,14H2,1H3,(H2,21,24,25)/t15-/m0/s1. The molecule has 0 aromatic heterocycles. The Hall–Kier alpha value is -1.98. The summed E-state index contributed by atoms with van der Waals surface area (Å²) in [5.41, 5.74) is 2.74. The smallest absolute Gasteiger partial charge is 0.243 e. The van der Waals surface area contributed by atoms with Gasteiger partial charge in [0.05, 0.1) is 23.0 Å². The molecule has 0 saturated carbocycles. The second kappa shape index (κ2) is 7.93. The van der Waals surface area contributed by atoms with Crippen LogP contribution in [0.15, 0.2) is 52.3 Å². The van der Waals surface area contributed by atoms with Crippen LogP contribution in [-0.2, 0) is 37.7 Å². The Morgan fingerprint density at radius 3 is 2.47 bits per heavy atom. The molecule has 2 heterocycles. The molecule has 1 atom stereocenters. The van der Waals surface area contributed by atoms with Gasteiger partial charge in [-0.15, -0.1) is 0 Å². The number of nitrogens with two attached hydrogens (primary N) is 1. The average Bonchev–Trinajstić information content (AvgIpc) is 3.03. The van der Waals surface area contributed by atoms with Crippen molar-refractivity contribution in [2.24, 2.45) is 5.14 Å². The van der Waals surface area contributed by atoms with E-state index in [2.05, 4.69) is 11.8 Å². The molecule has 2 aromatic carbocycles. The summed E-state index contributed by atoms with van der Waals surface area (Å²) >= 11 is 0. The lowest BCUT2D eigenvalue weighted by atomic mass is 10.1. The molecule has 0 amide bonds. The first kappa shape index (κ1) is 21.3. The number of hydrogen-bond donors (Lipinski definition) is 1. The van der Waals surface area contributed by atoms with Crippen molar-refractivity contribution in [3.8, 4) is 0 Å². The Labute approximate surface area is 177 Å². The minimum Gasteiger partial charge on any atom is -0.379 e. The number of sulfonamides is 2. The third-order valence-electron chi connectivity index (χ3n) is 5.60. The van der Waals surface area contributed by atoms with Gasteiger partial charge in [0.2, 0.25) is 20.0 Å². The van der Waals surface area contributed by atoms with E-state index in [0.29, 0.717) is 39.3 Å². The molecular weight excluding hydrogens is 426 g/mol. The van der Waals surface area contributed by atoms with E-state index in [9.17, 15) is 16.8 Å². The molecule has 0 aliphatic carbocycles. The fraction of sp³-hybridized carbons (Fsp3) is 0.400. The van der Waals surface area contributed by atoms with Crippen LogP contribution in [0.4, 0.5) is 5.69 Å². The summed E-state index contributed by atoms with van der Waals surface area (Å²) < 4.78 is 55.9. The Morgan fingerprint density at radius 1 is 1.03 bits per heavy atom. The highest BCUT2D eigenvalue weighted by Gasteiger charge is 2.29. The minimum atomic E-state index is -3.75. The van der Waals surface area contributed by atoms with Gasteiger partial charge < -0.3 is 9.64 Å². The van der Waals surface area contributed by atoms with Crippen molar-refractivity contribution >= 4 is 25.7 Å². The van der Waals surface area contributed by atoms with Crippen LogP contribution >= 0.6 is 0 Å². The summed E-state index contributed by atoms with van der Waals surface area (Å²) in [7, 11) is -7.31. The van der Waals surface area contributed by atoms with E-state index in [0.717, 1.165) is 16.8 Å². The maximum absolute atomic E-state index is 13.0. The highest BCUT2D eigenvalue weighted by Crippen LogP contribution is 2.35. The highest BCUT2D eigenvalue weighted by atomic mass is 32.2. The molecule has 0 bridgehead atoms. The summed E-state index contributed by atoms with van der Waals surface area (Å²) in [5, 5.41) is 5.25. The molecule has 10 heteroatoms. The molecule has 1 saturated heterocycles. The van der Waals surface area contributed by atoms with E-state index in [1.54, 1.807) is 30.3 Å². The van der Waals surface area contributed by atoms with Gasteiger partial charge in [-0.25, -0.2) is 22.0 Å². The van der Waals surface area contributed by atoms with Crippen LogP contribution in [-0.4, -0.2) is 53.5 Å². The van der Waals surface area contributed by atoms with Crippen LogP contribution < -0.4 is 10.0 Å². The van der Waals surface area contributed by atoms with Crippen molar-refractivity contribution in [1.29, 1.82) is 0 Å². The fourth-order valence-electron chi connectivity index (χ4n) is 4.03. The first-order valence-electron chi connectivity index (χ1n) is 9.75. The third-order valence-corrected chi connectivity index (χ3v) is 8.40. The lowest BCUT2D eigenvalue weighted by molar-refractivity contribution is 0.0730. The SMILES string of the molecule is C[C@H]1Cc2cc(S(N)(=O)=O)ccc2N1Cc1cccc(S(=O)(=O)N2CCOCC2)c1. The molecule has 0 radical (unpaired) electrons. The number of anilines is 1. The van der Waals surface area contributed by atoms with E-state index in [4.69, 9.17) is 9.88 Å². The molecular formula is C20H25N3O5S2. The van der Waals surface area contributed by atoms with Gasteiger partial charge in [0.1, 0.15) is 0 Å². The predicted octanol–water partition coefficient (Wildman–Crippen LogP) is 1.31. The number of rotatable bonds is 5. The largest absolute Gasteiger partial charge is 0.379 e. The van der Waals surface area contributed by atoms with Crippen molar-refractivity contribution in [2.45, 2.75) is 35.7 Å². The number of hydrogen-bond acceptors (Lipinski definition) is 6. The first-order valence-corrected chi connectivity index (χ1v) is 12.7. The number of morpholine rings is 1. The summed E-state index contributed by atoms with van der Waals surface area (Å²) in [6.45, 7) is 4.11. The monoisotopic (exact) mass is 451 g/mol. The summed E-state index contributed by atoms with van der Waals surface area (Å²) in [5.74, 6) is 0. The topological polar surface area (TPSA) is 110 Å². The van der Waals surface area contributed by atoms with E-state index < -0.39 is 20.0 Å². The van der Waals surface area contributed by atoms with E-state index in [1.165, 1.54) is 10.4 Å². The van der Waals surface area contributed by atoms with Crippen LogP contribution in [0.2, 0.25) is 0 Å². The van der Waals surface area contributed by atoms with Crippen LogP contribution in [0.5, 0.6) is 0 Å². The number of benzene rings is 2. The number of nitrogens with zero attached hydrogens (tertiary/aromatic N) is 2. The summed E-state index contributed by atoms with van der Waals surface area (Å²) in [4.78, 5) is 2.54. The number of primary sulfonamides is 1. The molecule has 0 unspecified atom stereocenters. The van der Waals surface area contributed by atoms with Gasteiger partial charge in [-0.05, 0) is 54.8 Å². The van der Waals surface area contributed by atoms with Gasteiger partial charge in [-0.3, -0.25) is 0 Å². The highest BCUT2D eigenvalue weighted by molar-refractivity contribution is 7.89. The molecule has 162 valence electrons. The van der Waals surface area contributed by atoms with Gasteiger partial charge in [0, 0.05) is 31.4 Å². The molecule has 2 N–H and O–H groups in total. The zero-order valence-corrected chi connectivity index (χ0v) is 18.3. The van der Waals surface area contributed by atoms with E-state index >= 15 is 0 Å². The molecule has 2 aliphatic rings. The molecule has 30 heavy (non-hydrogen) atoms. The summed E-state index contributed by atoms with van der Waals surface area (Å²) in [6, 6.07) is 12.1. The van der Waals surface area contributed by atoms with Crippen molar-refractivity contribution in [2.75, 3.05) is 31.2 Å². The van der Waals surface area contributed by atoms with Gasteiger partial charge >= 0.3 is 0 Å². The van der Waals surface area contributed by atoms with Crippen molar-refractivity contribution < 1.29 is 21.6 Å². The molecule has 4 rings (SSSR count). The van der Waals surface area contributed by atoms with Gasteiger partial charge in [0.25, 0.3) is 0 Å². The van der Waals surface area contributed by atoms with Crippen molar-refractivity contribution in [3.63, 3.8) is 0 Å². The van der Waals surface area contributed by atoms with E-state index in [-0.39, 0.29) is 15.8 Å². The normalized spacial score (nSPS) is 20.3. The van der Waals surface area contributed by atoms with E-state index in [1.807, 2.05) is 6.07 Å². The van der Waals surface area contributed by atoms with Gasteiger partial charge in [-0.1, -0.05) is 12.1 Å². The molecule has 2 aromatic rings. The van der Waals surface area contributed by atoms with Crippen LogP contribution in [0.3, 0.4) is 0 Å². The number of ether oxygens (including phenoxy) is 1. The van der Waals surface area contributed by atoms with Crippen LogP contribution in [0, 0.1) is 0 Å². The lowest BCUT2D eigenvalue weighted by Gasteiger charge is -2.27. The van der Waals surface area contributed by atoms with Crippen molar-refractivity contribution in [3.05, 3.63) is 53.6 Å². The second-order valence-corrected chi connectivity index (χ2v) is 11.2. The predicted molar refractivity (Wildman–Crippen MR) is 113 cm³/mol. The fourth-order valence-corrected chi connectivity index (χ4v) is 6.07. The summed E-state index contributed by atoms with van der Waals surface area (Å²) in [6.07, 6.45) is 0.699. The quantitative estimate of drug-likeness (QED) is 0.734. The average molecular weight is 452 g/mol. The first-order chi connectivity index (χ1) is 14.2. The van der Waals surface area contributed by atoms with Crippen molar-refractivity contribution in [1.82, 2.24) is 4.31 Å². The molecule has 2 aliphatic heterocycles. The number of fused-ring (bicyclic) bond motifs is 1. The lowest BCUT2D eigenvalue weighted by Crippen LogP contribution is -2.40. The Morgan fingerprint density at radius 2 is 1.77 bits per heavy atom. The zero-order valence-electron chi connectivity index (χ0n) is 16.7. The Balaban J connectivity index is 1.59. The maximum atomic E-state index is 13.0.